The van der Waals surface area contributed by atoms with E-state index in [0.29, 0.717) is 12.3 Å². The van der Waals surface area contributed by atoms with Gasteiger partial charge in [-0.05, 0) is 17.9 Å². The minimum Gasteiger partial charge on any atom is -0.345 e. The van der Waals surface area contributed by atoms with Crippen molar-refractivity contribution in [3.8, 4) is 0 Å². The molecule has 3 nitrogen and oxygen atoms in total. The predicted molar refractivity (Wildman–Crippen MR) is 92.2 cm³/mol. The Morgan fingerprint density at radius 2 is 2.00 bits per heavy atom. The van der Waals surface area contributed by atoms with Crippen molar-refractivity contribution in [2.24, 2.45) is 5.92 Å². The van der Waals surface area contributed by atoms with Crippen molar-refractivity contribution >= 4 is 17.2 Å². The minimum absolute atomic E-state index is 0.150. The topological polar surface area (TPSA) is 33.2 Å². The van der Waals surface area contributed by atoms with E-state index in [1.165, 1.54) is 5.56 Å². The number of thiazole rings is 1. The van der Waals surface area contributed by atoms with Gasteiger partial charge in [-0.1, -0.05) is 44.2 Å². The Hall–Kier alpha value is -1.68. The summed E-state index contributed by atoms with van der Waals surface area (Å²) in [7, 11) is 1.88. The molecule has 2 rings (SSSR count). The van der Waals surface area contributed by atoms with Crippen LogP contribution in [0.2, 0.25) is 0 Å². The largest absolute Gasteiger partial charge is 0.345 e. The number of carbonyl (C=O) groups is 1. The van der Waals surface area contributed by atoms with Gasteiger partial charge >= 0.3 is 0 Å². The third kappa shape index (κ3) is 5.26. The number of carbonyl (C=O) groups excluding carboxylic acids is 1. The summed E-state index contributed by atoms with van der Waals surface area (Å²) < 4.78 is 0. The molecule has 2 aromatic rings. The molecule has 1 heterocycles. The number of aromatic nitrogens is 1. The van der Waals surface area contributed by atoms with Crippen molar-refractivity contribution in [3.05, 3.63) is 52.0 Å². The fourth-order valence-corrected chi connectivity index (χ4v) is 2.98. The fraction of sp³-hybridized carbons (Fsp3) is 0.444. The lowest BCUT2D eigenvalue weighted by atomic mass is 10.1. The van der Waals surface area contributed by atoms with Gasteiger partial charge in [0.25, 0.3) is 0 Å². The zero-order valence-corrected chi connectivity index (χ0v) is 14.4. The monoisotopic (exact) mass is 316 g/mol. The number of nitrogens with zero attached hydrogens (tertiary/aromatic N) is 2. The standard InChI is InChI=1S/C18H24N2OS/c1-14(2)9-10-20(3)18(21)12-16-13-22-17(19-16)11-15-7-5-4-6-8-15/h4-8,13-14H,9-12H2,1-3H3. The highest BCUT2D eigenvalue weighted by Crippen LogP contribution is 2.15. The summed E-state index contributed by atoms with van der Waals surface area (Å²) in [5.74, 6) is 0.768. The molecule has 22 heavy (non-hydrogen) atoms. The van der Waals surface area contributed by atoms with Gasteiger partial charge in [0, 0.05) is 25.4 Å². The molecule has 0 aliphatic carbocycles. The van der Waals surface area contributed by atoms with Crippen LogP contribution in [-0.2, 0) is 17.6 Å². The predicted octanol–water partition coefficient (Wildman–Crippen LogP) is 3.78. The molecule has 0 spiro atoms. The molecule has 0 aliphatic heterocycles. The van der Waals surface area contributed by atoms with E-state index in [1.807, 2.05) is 35.5 Å². The van der Waals surface area contributed by atoms with Crippen molar-refractivity contribution in [1.82, 2.24) is 9.88 Å². The van der Waals surface area contributed by atoms with Crippen LogP contribution in [0.15, 0.2) is 35.7 Å². The minimum atomic E-state index is 0.150. The molecule has 0 fully saturated rings. The second-order valence-corrected chi connectivity index (χ2v) is 7.01. The van der Waals surface area contributed by atoms with Gasteiger partial charge in [-0.25, -0.2) is 4.98 Å². The quantitative estimate of drug-likeness (QED) is 0.779. The molecule has 1 amide bonds. The Bertz CT molecular complexity index is 592. The average Bonchev–Trinajstić information content (AvgIpc) is 2.92. The summed E-state index contributed by atoms with van der Waals surface area (Å²) >= 11 is 1.63. The van der Waals surface area contributed by atoms with Crippen molar-refractivity contribution < 1.29 is 4.79 Å². The molecule has 0 unspecified atom stereocenters. The first-order valence-corrected chi connectivity index (χ1v) is 8.63. The first-order chi connectivity index (χ1) is 10.5. The Morgan fingerprint density at radius 3 is 2.68 bits per heavy atom. The van der Waals surface area contributed by atoms with Crippen LogP contribution in [0.3, 0.4) is 0 Å². The second-order valence-electron chi connectivity index (χ2n) is 6.07. The van der Waals surface area contributed by atoms with Crippen LogP contribution in [0.25, 0.3) is 0 Å². The number of hydrogen-bond donors (Lipinski definition) is 0. The van der Waals surface area contributed by atoms with Crippen LogP contribution in [0, 0.1) is 5.92 Å². The lowest BCUT2D eigenvalue weighted by Crippen LogP contribution is -2.29. The van der Waals surface area contributed by atoms with Gasteiger partial charge in [0.05, 0.1) is 17.1 Å². The average molecular weight is 316 g/mol. The highest BCUT2D eigenvalue weighted by atomic mass is 32.1. The van der Waals surface area contributed by atoms with Gasteiger partial charge in [-0.3, -0.25) is 4.79 Å². The molecule has 0 N–H and O–H groups in total. The van der Waals surface area contributed by atoms with E-state index in [-0.39, 0.29) is 5.91 Å². The molecule has 0 bridgehead atoms. The summed E-state index contributed by atoms with van der Waals surface area (Å²) in [6, 6.07) is 10.3. The van der Waals surface area contributed by atoms with Crippen LogP contribution in [-0.4, -0.2) is 29.4 Å². The van der Waals surface area contributed by atoms with Gasteiger partial charge in [-0.2, -0.15) is 0 Å². The van der Waals surface area contributed by atoms with Gasteiger partial charge in [0.2, 0.25) is 5.91 Å². The third-order valence-corrected chi connectivity index (χ3v) is 4.50. The summed E-state index contributed by atoms with van der Waals surface area (Å²) in [5.41, 5.74) is 2.14. The molecular weight excluding hydrogens is 292 g/mol. The maximum Gasteiger partial charge on any atom is 0.228 e. The van der Waals surface area contributed by atoms with Gasteiger partial charge < -0.3 is 4.90 Å². The second kappa shape index (κ2) is 8.08. The van der Waals surface area contributed by atoms with E-state index < -0.39 is 0 Å². The maximum atomic E-state index is 12.2. The van der Waals surface area contributed by atoms with Gasteiger partial charge in [-0.15, -0.1) is 11.3 Å². The van der Waals surface area contributed by atoms with E-state index in [1.54, 1.807) is 11.3 Å². The Labute approximate surface area is 137 Å². The Balaban J connectivity index is 1.87. The zero-order chi connectivity index (χ0) is 15.9. The SMILES string of the molecule is CC(C)CCN(C)C(=O)Cc1csc(Cc2ccccc2)n1. The van der Waals surface area contributed by atoms with E-state index in [9.17, 15) is 4.79 Å². The van der Waals surface area contributed by atoms with E-state index in [4.69, 9.17) is 0 Å². The first-order valence-electron chi connectivity index (χ1n) is 7.75. The van der Waals surface area contributed by atoms with Crippen molar-refractivity contribution in [1.29, 1.82) is 0 Å². The van der Waals surface area contributed by atoms with Crippen LogP contribution in [0.5, 0.6) is 0 Å². The summed E-state index contributed by atoms with van der Waals surface area (Å²) in [4.78, 5) is 18.6. The smallest absolute Gasteiger partial charge is 0.228 e. The summed E-state index contributed by atoms with van der Waals surface area (Å²) in [6.45, 7) is 5.17. The van der Waals surface area contributed by atoms with Crippen molar-refractivity contribution in [2.75, 3.05) is 13.6 Å². The van der Waals surface area contributed by atoms with Gasteiger partial charge in [0.1, 0.15) is 0 Å². The highest BCUT2D eigenvalue weighted by molar-refractivity contribution is 7.09. The van der Waals surface area contributed by atoms with E-state index in [2.05, 4.69) is 31.0 Å². The first kappa shape index (κ1) is 16.7. The van der Waals surface area contributed by atoms with E-state index >= 15 is 0 Å². The molecule has 0 atom stereocenters. The van der Waals surface area contributed by atoms with Crippen LogP contribution < -0.4 is 0 Å². The molecule has 0 radical (unpaired) electrons. The normalized spacial score (nSPS) is 10.9. The van der Waals surface area contributed by atoms with Crippen molar-refractivity contribution in [3.63, 3.8) is 0 Å². The molecule has 0 saturated heterocycles. The van der Waals surface area contributed by atoms with Crippen molar-refractivity contribution in [2.45, 2.75) is 33.1 Å². The molecule has 0 aliphatic rings. The Kier molecular flexibility index (Phi) is 6.13. The van der Waals surface area contributed by atoms with Crippen LogP contribution >= 0.6 is 11.3 Å². The van der Waals surface area contributed by atoms with Crippen LogP contribution in [0.4, 0.5) is 0 Å². The fourth-order valence-electron chi connectivity index (χ4n) is 2.15. The molecule has 1 aromatic carbocycles. The highest BCUT2D eigenvalue weighted by Gasteiger charge is 2.12. The number of hydrogen-bond acceptors (Lipinski definition) is 3. The lowest BCUT2D eigenvalue weighted by molar-refractivity contribution is -0.129. The molecule has 0 saturated carbocycles. The number of benzene rings is 1. The molecular formula is C18H24N2OS. The zero-order valence-electron chi connectivity index (χ0n) is 13.6. The number of likely N-dealkylation sites (N-methyl/N-ethyl adjacent to an activating group) is 1. The maximum absolute atomic E-state index is 12.2. The lowest BCUT2D eigenvalue weighted by Gasteiger charge is -2.17. The molecule has 4 heteroatoms. The van der Waals surface area contributed by atoms with E-state index in [0.717, 1.165) is 30.1 Å². The summed E-state index contributed by atoms with van der Waals surface area (Å²) in [6.07, 6.45) is 2.28. The van der Waals surface area contributed by atoms with Crippen LogP contribution in [0.1, 0.15) is 36.5 Å². The summed E-state index contributed by atoms with van der Waals surface area (Å²) in [5, 5.41) is 3.07. The molecule has 1 aromatic heterocycles. The third-order valence-electron chi connectivity index (χ3n) is 3.60. The Morgan fingerprint density at radius 1 is 1.27 bits per heavy atom. The number of rotatable bonds is 7. The molecule has 118 valence electrons. The van der Waals surface area contributed by atoms with Gasteiger partial charge in [0.15, 0.2) is 0 Å². The number of amides is 1.